The van der Waals surface area contributed by atoms with Gasteiger partial charge in [-0.05, 0) is 30.5 Å². The zero-order valence-corrected chi connectivity index (χ0v) is 10.7. The first-order valence-electron chi connectivity index (χ1n) is 6.47. The minimum atomic E-state index is 0.688. The first kappa shape index (κ1) is 11.2. The molecule has 0 atom stereocenters. The number of hydrogen-bond donors (Lipinski definition) is 0. The summed E-state index contributed by atoms with van der Waals surface area (Å²) in [4.78, 5) is 21.7. The maximum absolute atomic E-state index is 4.69. The van der Waals surface area contributed by atoms with Crippen LogP contribution in [-0.4, -0.2) is 24.9 Å². The Hall–Kier alpha value is -2.69. The van der Waals surface area contributed by atoms with E-state index < -0.39 is 0 Å². The van der Waals surface area contributed by atoms with Crippen LogP contribution in [0.4, 0.5) is 0 Å². The van der Waals surface area contributed by atoms with Crippen molar-refractivity contribution < 1.29 is 0 Å². The molecule has 1 aliphatic carbocycles. The SMILES string of the molecule is c1cncc(-c2ncc3c(n2)-c2cncnc2CC3)c1. The van der Waals surface area contributed by atoms with Crippen molar-refractivity contribution in [1.82, 2.24) is 24.9 Å². The highest BCUT2D eigenvalue weighted by Crippen LogP contribution is 2.30. The van der Waals surface area contributed by atoms with E-state index in [2.05, 4.69) is 19.9 Å². The first-order chi connectivity index (χ1) is 9.92. The van der Waals surface area contributed by atoms with E-state index in [1.54, 1.807) is 18.7 Å². The number of pyridine rings is 1. The largest absolute Gasteiger partial charge is 0.264 e. The molecule has 0 saturated carbocycles. The number of rotatable bonds is 1. The Bertz CT molecular complexity index is 770. The Kier molecular flexibility index (Phi) is 2.48. The van der Waals surface area contributed by atoms with Crippen LogP contribution in [0.5, 0.6) is 0 Å². The van der Waals surface area contributed by atoms with Gasteiger partial charge in [-0.3, -0.25) is 4.98 Å². The van der Waals surface area contributed by atoms with Gasteiger partial charge in [-0.2, -0.15) is 0 Å². The molecule has 0 unspecified atom stereocenters. The Morgan fingerprint density at radius 3 is 2.85 bits per heavy atom. The second-order valence-corrected chi connectivity index (χ2v) is 4.69. The summed E-state index contributed by atoms with van der Waals surface area (Å²) in [7, 11) is 0. The summed E-state index contributed by atoms with van der Waals surface area (Å²) in [5.41, 5.74) is 5.09. The van der Waals surface area contributed by atoms with E-state index in [0.29, 0.717) is 5.82 Å². The molecule has 1 aliphatic rings. The maximum atomic E-state index is 4.69. The molecule has 0 amide bonds. The van der Waals surface area contributed by atoms with Gasteiger partial charge in [-0.25, -0.2) is 19.9 Å². The molecule has 0 aliphatic heterocycles. The predicted molar refractivity (Wildman–Crippen MR) is 73.7 cm³/mol. The molecule has 5 heteroatoms. The molecule has 0 N–H and O–H groups in total. The molecule has 0 bridgehead atoms. The van der Waals surface area contributed by atoms with Crippen LogP contribution >= 0.6 is 0 Å². The molecule has 3 aromatic heterocycles. The van der Waals surface area contributed by atoms with Gasteiger partial charge in [-0.15, -0.1) is 0 Å². The third kappa shape index (κ3) is 1.75. The van der Waals surface area contributed by atoms with Crippen LogP contribution in [0.1, 0.15) is 11.3 Å². The molecule has 96 valence electrons. The van der Waals surface area contributed by atoms with Crippen molar-refractivity contribution in [3.8, 4) is 22.6 Å². The molecule has 0 saturated heterocycles. The predicted octanol–water partition coefficient (Wildman–Crippen LogP) is 2.09. The summed E-state index contributed by atoms with van der Waals surface area (Å²) >= 11 is 0. The van der Waals surface area contributed by atoms with Crippen molar-refractivity contribution in [3.63, 3.8) is 0 Å². The average Bonchev–Trinajstić information content (AvgIpc) is 2.55. The van der Waals surface area contributed by atoms with Crippen molar-refractivity contribution in [2.45, 2.75) is 12.8 Å². The smallest absolute Gasteiger partial charge is 0.161 e. The van der Waals surface area contributed by atoms with Crippen LogP contribution in [0.3, 0.4) is 0 Å². The summed E-state index contributed by atoms with van der Waals surface area (Å²) in [6, 6.07) is 3.84. The van der Waals surface area contributed by atoms with Crippen molar-refractivity contribution in [1.29, 1.82) is 0 Å². The summed E-state index contributed by atoms with van der Waals surface area (Å²) in [6.07, 6.45) is 10.7. The van der Waals surface area contributed by atoms with Gasteiger partial charge < -0.3 is 0 Å². The number of hydrogen-bond acceptors (Lipinski definition) is 5. The second kappa shape index (κ2) is 4.45. The van der Waals surface area contributed by atoms with Crippen LogP contribution in [0.25, 0.3) is 22.6 Å². The van der Waals surface area contributed by atoms with Crippen LogP contribution in [0.15, 0.2) is 43.2 Å². The number of aryl methyl sites for hydroxylation is 2. The van der Waals surface area contributed by atoms with Crippen molar-refractivity contribution in [2.75, 3.05) is 0 Å². The lowest BCUT2D eigenvalue weighted by Gasteiger charge is -2.17. The normalized spacial score (nSPS) is 12.6. The Labute approximate surface area is 115 Å². The number of aromatic nitrogens is 5. The Morgan fingerprint density at radius 1 is 0.950 bits per heavy atom. The third-order valence-electron chi connectivity index (χ3n) is 3.47. The first-order valence-corrected chi connectivity index (χ1v) is 6.47. The topological polar surface area (TPSA) is 64.5 Å². The molecule has 4 rings (SSSR count). The minimum Gasteiger partial charge on any atom is -0.264 e. The summed E-state index contributed by atoms with van der Waals surface area (Å²) in [5, 5.41) is 0. The summed E-state index contributed by atoms with van der Waals surface area (Å²) in [5.74, 6) is 0.688. The van der Waals surface area contributed by atoms with Crippen LogP contribution in [0, 0.1) is 0 Å². The minimum absolute atomic E-state index is 0.688. The zero-order chi connectivity index (χ0) is 13.4. The van der Waals surface area contributed by atoms with Crippen molar-refractivity contribution in [3.05, 3.63) is 54.5 Å². The maximum Gasteiger partial charge on any atom is 0.161 e. The molecular weight excluding hydrogens is 250 g/mol. The number of nitrogens with zero attached hydrogens (tertiary/aromatic N) is 5. The molecule has 0 radical (unpaired) electrons. The van der Waals surface area contributed by atoms with Crippen molar-refractivity contribution >= 4 is 0 Å². The van der Waals surface area contributed by atoms with Gasteiger partial charge in [0.25, 0.3) is 0 Å². The Balaban J connectivity index is 1.90. The molecule has 0 spiro atoms. The fraction of sp³-hybridized carbons (Fsp3) is 0.133. The molecular formula is C15H11N5. The highest BCUT2D eigenvalue weighted by Gasteiger charge is 2.19. The molecule has 20 heavy (non-hydrogen) atoms. The fourth-order valence-corrected chi connectivity index (χ4v) is 2.46. The standard InChI is InChI=1S/C15H11N5/c1-2-11(6-16-5-1)15-18-7-10-3-4-13-12(14(10)20-15)8-17-9-19-13/h1-2,5-9H,3-4H2. The molecule has 5 nitrogen and oxygen atoms in total. The molecule has 3 heterocycles. The van der Waals surface area contributed by atoms with E-state index >= 15 is 0 Å². The lowest BCUT2D eigenvalue weighted by atomic mass is 9.94. The number of fused-ring (bicyclic) bond motifs is 3. The fourth-order valence-electron chi connectivity index (χ4n) is 2.46. The van der Waals surface area contributed by atoms with Crippen LogP contribution in [0.2, 0.25) is 0 Å². The van der Waals surface area contributed by atoms with E-state index in [4.69, 9.17) is 4.98 Å². The van der Waals surface area contributed by atoms with Gasteiger partial charge in [0.05, 0.1) is 11.4 Å². The zero-order valence-electron chi connectivity index (χ0n) is 10.7. The molecule has 3 aromatic rings. The third-order valence-corrected chi connectivity index (χ3v) is 3.47. The quantitative estimate of drug-likeness (QED) is 0.671. The summed E-state index contributed by atoms with van der Waals surface area (Å²) in [6.45, 7) is 0. The highest BCUT2D eigenvalue weighted by atomic mass is 14.9. The second-order valence-electron chi connectivity index (χ2n) is 4.69. The Morgan fingerprint density at radius 2 is 1.95 bits per heavy atom. The van der Waals surface area contributed by atoms with Crippen LogP contribution < -0.4 is 0 Å². The van der Waals surface area contributed by atoms with Crippen molar-refractivity contribution in [2.24, 2.45) is 0 Å². The average molecular weight is 261 g/mol. The lowest BCUT2D eigenvalue weighted by Crippen LogP contribution is -2.09. The van der Waals surface area contributed by atoms with Crippen LogP contribution in [-0.2, 0) is 12.8 Å². The van der Waals surface area contributed by atoms with Gasteiger partial charge in [-0.1, -0.05) is 0 Å². The van der Waals surface area contributed by atoms with E-state index in [1.165, 1.54) is 0 Å². The monoisotopic (exact) mass is 261 g/mol. The van der Waals surface area contributed by atoms with E-state index in [9.17, 15) is 0 Å². The molecule has 0 aromatic carbocycles. The highest BCUT2D eigenvalue weighted by molar-refractivity contribution is 5.69. The van der Waals surface area contributed by atoms with Gasteiger partial charge in [0, 0.05) is 35.9 Å². The van der Waals surface area contributed by atoms with Gasteiger partial charge in [0.1, 0.15) is 6.33 Å². The van der Waals surface area contributed by atoms with E-state index in [-0.39, 0.29) is 0 Å². The van der Waals surface area contributed by atoms with E-state index in [1.807, 2.05) is 24.5 Å². The summed E-state index contributed by atoms with van der Waals surface area (Å²) < 4.78 is 0. The van der Waals surface area contributed by atoms with Gasteiger partial charge >= 0.3 is 0 Å². The molecule has 0 fully saturated rings. The lowest BCUT2D eigenvalue weighted by molar-refractivity contribution is 0.863. The van der Waals surface area contributed by atoms with E-state index in [0.717, 1.165) is 40.9 Å². The van der Waals surface area contributed by atoms with Gasteiger partial charge in [0.2, 0.25) is 0 Å². The van der Waals surface area contributed by atoms with Gasteiger partial charge in [0.15, 0.2) is 5.82 Å².